The number of nitrogens with zero attached hydrogens (tertiary/aromatic N) is 2. The van der Waals surface area contributed by atoms with Gasteiger partial charge >= 0.3 is 0 Å². The summed E-state index contributed by atoms with van der Waals surface area (Å²) < 4.78 is 11.5. The van der Waals surface area contributed by atoms with E-state index in [0.717, 1.165) is 44.7 Å². The topological polar surface area (TPSA) is 21.3 Å². The Morgan fingerprint density at radius 2 is 1.05 bits per heavy atom. The molecule has 13 aromatic rings. The summed E-state index contributed by atoms with van der Waals surface area (Å²) in [5.74, 6) is 0. The molecule has 3 nitrogen and oxygen atoms in total. The molecule has 10 aromatic carbocycles. The zero-order chi connectivity index (χ0) is 39.3. The molecular weight excluding hydrogens is 749 g/mol. The molecule has 0 unspecified atom stereocenters. The van der Waals surface area contributed by atoms with E-state index in [1.807, 2.05) is 23.5 Å². The molecule has 0 fully saturated rings. The minimum atomic E-state index is 0.875. The first kappa shape index (κ1) is 33.3. The molecule has 3 aromatic heterocycles. The van der Waals surface area contributed by atoms with Crippen molar-refractivity contribution in [2.45, 2.75) is 0 Å². The van der Waals surface area contributed by atoms with Gasteiger partial charge in [-0.3, -0.25) is 0 Å². The first-order valence-corrected chi connectivity index (χ1v) is 21.2. The average Bonchev–Trinajstić information content (AvgIpc) is 3.98. The first-order chi connectivity index (χ1) is 29.7. The van der Waals surface area contributed by atoms with E-state index < -0.39 is 0 Å². The van der Waals surface area contributed by atoms with E-state index in [0.29, 0.717) is 0 Å². The van der Waals surface area contributed by atoms with Crippen LogP contribution < -0.4 is 4.90 Å². The number of fused-ring (bicyclic) bond motifs is 12. The Kier molecular flexibility index (Phi) is 7.18. The Bertz CT molecular complexity index is 3840. The van der Waals surface area contributed by atoms with Gasteiger partial charge < -0.3 is 13.9 Å². The zero-order valence-corrected chi connectivity index (χ0v) is 33.2. The van der Waals surface area contributed by atoms with E-state index in [-0.39, 0.29) is 0 Å². The van der Waals surface area contributed by atoms with E-state index in [2.05, 4.69) is 204 Å². The third-order valence-electron chi connectivity index (χ3n) is 12.3. The number of para-hydroxylation sites is 2. The van der Waals surface area contributed by atoms with Gasteiger partial charge in [0.2, 0.25) is 0 Å². The standard InChI is InChI=1S/C56H34N2OS/c1-2-12-40(13-3-1)58-50-28-21-38(31-48(50)49-34-47-39(32-51(49)58)22-29-55-56(47)46-15-7-9-17-54(46)60-55)36-18-23-41(24-19-36)57(42-25-20-35-10-4-5-11-37(35)30-42)43-26-27-45-44-14-6-8-16-52(44)59-53(45)33-43/h1-34H. The molecule has 0 saturated heterocycles. The van der Waals surface area contributed by atoms with Gasteiger partial charge in [-0.15, -0.1) is 11.3 Å². The van der Waals surface area contributed by atoms with E-state index in [9.17, 15) is 0 Å². The van der Waals surface area contributed by atoms with Crippen LogP contribution in [0.3, 0.4) is 0 Å². The Hall–Kier alpha value is -7.66. The molecule has 0 bridgehead atoms. The van der Waals surface area contributed by atoms with Crippen molar-refractivity contribution in [1.29, 1.82) is 0 Å². The highest BCUT2D eigenvalue weighted by molar-refractivity contribution is 7.26. The van der Waals surface area contributed by atoms with E-state index in [4.69, 9.17) is 4.42 Å². The molecule has 4 heteroatoms. The Morgan fingerprint density at radius 3 is 1.95 bits per heavy atom. The van der Waals surface area contributed by atoms with Crippen LogP contribution in [0.15, 0.2) is 211 Å². The maximum atomic E-state index is 6.39. The first-order valence-electron chi connectivity index (χ1n) is 20.4. The van der Waals surface area contributed by atoms with Crippen molar-refractivity contribution in [2.75, 3.05) is 4.90 Å². The van der Waals surface area contributed by atoms with Crippen molar-refractivity contribution in [1.82, 2.24) is 4.57 Å². The predicted octanol–water partition coefficient (Wildman–Crippen LogP) is 16.5. The molecule has 0 spiro atoms. The smallest absolute Gasteiger partial charge is 0.137 e. The molecule has 3 heterocycles. The zero-order valence-electron chi connectivity index (χ0n) is 32.3. The van der Waals surface area contributed by atoms with Gasteiger partial charge in [0, 0.05) is 70.5 Å². The number of hydrogen-bond donors (Lipinski definition) is 0. The summed E-state index contributed by atoms with van der Waals surface area (Å²) in [6.07, 6.45) is 0. The van der Waals surface area contributed by atoms with Gasteiger partial charge in [-0.05, 0) is 124 Å². The van der Waals surface area contributed by atoms with Crippen molar-refractivity contribution in [3.05, 3.63) is 206 Å². The molecule has 0 aliphatic heterocycles. The van der Waals surface area contributed by atoms with E-state index in [1.54, 1.807) is 0 Å². The van der Waals surface area contributed by atoms with Crippen molar-refractivity contribution in [3.63, 3.8) is 0 Å². The van der Waals surface area contributed by atoms with Gasteiger partial charge in [0.05, 0.1) is 11.0 Å². The fraction of sp³-hybridized carbons (Fsp3) is 0. The number of anilines is 3. The Morgan fingerprint density at radius 1 is 0.367 bits per heavy atom. The third-order valence-corrected chi connectivity index (χ3v) is 13.5. The Balaban J connectivity index is 0.974. The summed E-state index contributed by atoms with van der Waals surface area (Å²) in [7, 11) is 0. The molecule has 0 N–H and O–H groups in total. The highest BCUT2D eigenvalue weighted by Gasteiger charge is 2.19. The summed E-state index contributed by atoms with van der Waals surface area (Å²) in [4.78, 5) is 2.33. The minimum absolute atomic E-state index is 0.875. The average molecular weight is 783 g/mol. The number of hydrogen-bond acceptors (Lipinski definition) is 3. The molecular formula is C56H34N2OS. The van der Waals surface area contributed by atoms with Crippen LogP contribution in [0.4, 0.5) is 17.1 Å². The lowest BCUT2D eigenvalue weighted by atomic mass is 9.99. The summed E-state index contributed by atoms with van der Waals surface area (Å²) in [6, 6.07) is 75.0. The fourth-order valence-electron chi connectivity index (χ4n) is 9.52. The van der Waals surface area contributed by atoms with Gasteiger partial charge in [-0.25, -0.2) is 0 Å². The monoisotopic (exact) mass is 782 g/mol. The SMILES string of the molecule is c1ccc(-n2c3ccc(-c4ccc(N(c5ccc6ccccc6c5)c5ccc6c(c5)oc5ccccc56)cc4)cc3c3cc4c(ccc5sc6ccccc6c54)cc32)cc1. The second kappa shape index (κ2) is 12.9. The van der Waals surface area contributed by atoms with Crippen LogP contribution in [-0.4, -0.2) is 4.57 Å². The lowest BCUT2D eigenvalue weighted by Crippen LogP contribution is -2.09. The van der Waals surface area contributed by atoms with Gasteiger partial charge in [-0.2, -0.15) is 0 Å². The van der Waals surface area contributed by atoms with Crippen molar-refractivity contribution < 1.29 is 4.42 Å². The molecule has 280 valence electrons. The van der Waals surface area contributed by atoms with Crippen LogP contribution >= 0.6 is 11.3 Å². The number of furan rings is 1. The minimum Gasteiger partial charge on any atom is -0.456 e. The summed E-state index contributed by atoms with van der Waals surface area (Å²) >= 11 is 1.88. The second-order valence-electron chi connectivity index (χ2n) is 15.7. The van der Waals surface area contributed by atoms with Crippen molar-refractivity contribution in [3.8, 4) is 16.8 Å². The maximum absolute atomic E-state index is 6.39. The van der Waals surface area contributed by atoms with Gasteiger partial charge in [0.15, 0.2) is 0 Å². The predicted molar refractivity (Wildman–Crippen MR) is 256 cm³/mol. The van der Waals surface area contributed by atoms with Gasteiger partial charge in [-0.1, -0.05) is 109 Å². The van der Waals surface area contributed by atoms with Gasteiger partial charge in [0.25, 0.3) is 0 Å². The van der Waals surface area contributed by atoms with Crippen LogP contribution in [0.25, 0.3) is 102 Å². The molecule has 0 saturated carbocycles. The lowest BCUT2D eigenvalue weighted by molar-refractivity contribution is 0.669. The molecule has 0 amide bonds. The van der Waals surface area contributed by atoms with Crippen LogP contribution in [0.5, 0.6) is 0 Å². The molecule has 0 aliphatic carbocycles. The molecule has 0 atom stereocenters. The van der Waals surface area contributed by atoms with Crippen LogP contribution in [0.2, 0.25) is 0 Å². The highest BCUT2D eigenvalue weighted by Crippen LogP contribution is 2.44. The molecule has 13 rings (SSSR count). The van der Waals surface area contributed by atoms with Crippen molar-refractivity contribution in [2.24, 2.45) is 0 Å². The van der Waals surface area contributed by atoms with Crippen LogP contribution in [0.1, 0.15) is 0 Å². The second-order valence-corrected chi connectivity index (χ2v) is 16.8. The number of rotatable bonds is 5. The summed E-state index contributed by atoms with van der Waals surface area (Å²) in [6.45, 7) is 0. The fourth-order valence-corrected chi connectivity index (χ4v) is 10.6. The molecule has 0 radical (unpaired) electrons. The molecule has 0 aliphatic rings. The normalized spacial score (nSPS) is 12.0. The van der Waals surface area contributed by atoms with E-state index in [1.165, 1.54) is 74.6 Å². The largest absolute Gasteiger partial charge is 0.456 e. The lowest BCUT2D eigenvalue weighted by Gasteiger charge is -2.26. The van der Waals surface area contributed by atoms with Crippen LogP contribution in [0, 0.1) is 0 Å². The highest BCUT2D eigenvalue weighted by atomic mass is 32.1. The molecule has 60 heavy (non-hydrogen) atoms. The number of benzene rings is 10. The number of thiophene rings is 1. The van der Waals surface area contributed by atoms with Gasteiger partial charge in [0.1, 0.15) is 11.2 Å². The van der Waals surface area contributed by atoms with E-state index >= 15 is 0 Å². The quantitative estimate of drug-likeness (QED) is 0.173. The van der Waals surface area contributed by atoms with Crippen LogP contribution in [-0.2, 0) is 0 Å². The maximum Gasteiger partial charge on any atom is 0.137 e. The summed E-state index contributed by atoms with van der Waals surface area (Å²) in [5, 5.41) is 12.4. The third kappa shape index (κ3) is 5.08. The Labute approximate surface area is 349 Å². The van der Waals surface area contributed by atoms with Crippen molar-refractivity contribution >= 4 is 114 Å². The summed E-state index contributed by atoms with van der Waals surface area (Å²) in [5.41, 5.74) is 10.9. The number of aromatic nitrogens is 1.